The molecule has 0 aliphatic heterocycles. The van der Waals surface area contributed by atoms with Gasteiger partial charge in [0.15, 0.2) is 0 Å². The van der Waals surface area contributed by atoms with Crippen LogP contribution in [0, 0.1) is 5.92 Å². The molecule has 0 aliphatic rings. The molecule has 5 heteroatoms. The summed E-state index contributed by atoms with van der Waals surface area (Å²) in [5, 5.41) is 13.8. The van der Waals surface area contributed by atoms with Gasteiger partial charge in [-0.3, -0.25) is 0 Å². The molecule has 1 aromatic rings. The first-order chi connectivity index (χ1) is 8.22. The molecule has 0 saturated heterocycles. The number of ether oxygens (including phenoxy) is 1. The summed E-state index contributed by atoms with van der Waals surface area (Å²) in [5.41, 5.74) is 0. The van der Waals surface area contributed by atoms with Crippen LogP contribution in [0.4, 0.5) is 0 Å². The Labute approximate surface area is 108 Å². The Kier molecular flexibility index (Phi) is 7.32. The van der Waals surface area contributed by atoms with Crippen molar-refractivity contribution in [1.82, 2.24) is 15.5 Å². The molecule has 0 atom stereocenters. The lowest BCUT2D eigenvalue weighted by atomic mass is 10.2. The summed E-state index contributed by atoms with van der Waals surface area (Å²) in [6, 6.07) is 0. The highest BCUT2D eigenvalue weighted by Gasteiger charge is 2.04. The molecule has 0 bridgehead atoms. The first-order valence-corrected chi connectivity index (χ1v) is 7.13. The second-order valence-corrected chi connectivity index (χ2v) is 5.64. The Morgan fingerprint density at radius 2 is 2.06 bits per heavy atom. The van der Waals surface area contributed by atoms with Crippen molar-refractivity contribution in [2.24, 2.45) is 5.92 Å². The summed E-state index contributed by atoms with van der Waals surface area (Å²) >= 11 is 1.65. The van der Waals surface area contributed by atoms with E-state index in [-0.39, 0.29) is 0 Å². The van der Waals surface area contributed by atoms with Crippen LogP contribution in [0.2, 0.25) is 0 Å². The van der Waals surface area contributed by atoms with Crippen molar-refractivity contribution < 1.29 is 4.74 Å². The maximum absolute atomic E-state index is 5.43. The van der Waals surface area contributed by atoms with Gasteiger partial charge in [0, 0.05) is 19.6 Å². The van der Waals surface area contributed by atoms with Crippen LogP contribution in [-0.2, 0) is 17.8 Å². The Balaban J connectivity index is 2.16. The second-order valence-electron chi connectivity index (χ2n) is 4.49. The number of hydrogen-bond acceptors (Lipinski definition) is 5. The van der Waals surface area contributed by atoms with Gasteiger partial charge in [-0.2, -0.15) is 0 Å². The van der Waals surface area contributed by atoms with Crippen LogP contribution >= 0.6 is 11.3 Å². The fourth-order valence-electron chi connectivity index (χ4n) is 1.34. The largest absolute Gasteiger partial charge is 0.374 e. The van der Waals surface area contributed by atoms with E-state index in [2.05, 4.69) is 36.3 Å². The van der Waals surface area contributed by atoms with Gasteiger partial charge in [-0.25, -0.2) is 0 Å². The third kappa shape index (κ3) is 6.71. The van der Waals surface area contributed by atoms with Crippen LogP contribution in [0.5, 0.6) is 0 Å². The van der Waals surface area contributed by atoms with Crippen molar-refractivity contribution >= 4 is 11.3 Å². The molecule has 0 aromatic carbocycles. The minimum atomic E-state index is 0.602. The van der Waals surface area contributed by atoms with Gasteiger partial charge in [0.25, 0.3) is 0 Å². The summed E-state index contributed by atoms with van der Waals surface area (Å²) in [5.74, 6) is 0.697. The van der Waals surface area contributed by atoms with Crippen molar-refractivity contribution in [3.63, 3.8) is 0 Å². The highest BCUT2D eigenvalue weighted by atomic mass is 32.1. The Morgan fingerprint density at radius 1 is 1.29 bits per heavy atom. The third-order valence-corrected chi connectivity index (χ3v) is 3.11. The standard InChI is InChI=1S/C12H23N3OS/c1-4-7-16-9-12-15-14-11(17-12)5-6-13-8-10(2)3/h10,13H,4-9H2,1-3H3. The van der Waals surface area contributed by atoms with Crippen molar-refractivity contribution in [1.29, 1.82) is 0 Å². The van der Waals surface area contributed by atoms with E-state index in [1.54, 1.807) is 11.3 Å². The highest BCUT2D eigenvalue weighted by molar-refractivity contribution is 7.11. The molecule has 4 nitrogen and oxygen atoms in total. The van der Waals surface area contributed by atoms with Gasteiger partial charge in [0.1, 0.15) is 16.6 Å². The average Bonchev–Trinajstić information content (AvgIpc) is 2.73. The van der Waals surface area contributed by atoms with Crippen molar-refractivity contribution in [3.8, 4) is 0 Å². The third-order valence-electron chi connectivity index (χ3n) is 2.15. The minimum Gasteiger partial charge on any atom is -0.374 e. The summed E-state index contributed by atoms with van der Waals surface area (Å²) < 4.78 is 5.43. The lowest BCUT2D eigenvalue weighted by molar-refractivity contribution is 0.121. The highest BCUT2D eigenvalue weighted by Crippen LogP contribution is 2.11. The molecule has 1 N–H and O–H groups in total. The van der Waals surface area contributed by atoms with Gasteiger partial charge < -0.3 is 10.1 Å². The predicted molar refractivity (Wildman–Crippen MR) is 71.3 cm³/mol. The Bertz CT molecular complexity index is 302. The SMILES string of the molecule is CCCOCc1nnc(CCNCC(C)C)s1. The molecule has 17 heavy (non-hydrogen) atoms. The molecule has 0 spiro atoms. The molecule has 1 rings (SSSR count). The van der Waals surface area contributed by atoms with Crippen LogP contribution in [0.1, 0.15) is 37.2 Å². The molecule has 0 radical (unpaired) electrons. The van der Waals surface area contributed by atoms with Crippen molar-refractivity contribution in [3.05, 3.63) is 10.0 Å². The molecular weight excluding hydrogens is 234 g/mol. The fourth-order valence-corrected chi connectivity index (χ4v) is 2.12. The maximum atomic E-state index is 5.43. The lowest BCUT2D eigenvalue weighted by Gasteiger charge is -2.05. The zero-order chi connectivity index (χ0) is 12.5. The quantitative estimate of drug-likeness (QED) is 0.689. The van der Waals surface area contributed by atoms with E-state index in [1.165, 1.54) is 0 Å². The normalized spacial score (nSPS) is 11.3. The number of hydrogen-bond donors (Lipinski definition) is 1. The van der Waals surface area contributed by atoms with Crippen molar-refractivity contribution in [2.45, 2.75) is 40.2 Å². The summed E-state index contributed by atoms with van der Waals surface area (Å²) in [4.78, 5) is 0. The summed E-state index contributed by atoms with van der Waals surface area (Å²) in [6.07, 6.45) is 2.00. The zero-order valence-corrected chi connectivity index (χ0v) is 11.8. The Morgan fingerprint density at radius 3 is 2.76 bits per heavy atom. The number of nitrogens with zero attached hydrogens (tertiary/aromatic N) is 2. The molecule has 1 heterocycles. The van der Waals surface area contributed by atoms with Crippen molar-refractivity contribution in [2.75, 3.05) is 19.7 Å². The van der Waals surface area contributed by atoms with Gasteiger partial charge in [-0.1, -0.05) is 32.1 Å². The topological polar surface area (TPSA) is 47.0 Å². The van der Waals surface area contributed by atoms with Gasteiger partial charge in [0.05, 0.1) is 0 Å². The van der Waals surface area contributed by atoms with E-state index in [4.69, 9.17) is 4.74 Å². The van der Waals surface area contributed by atoms with E-state index in [1.807, 2.05) is 0 Å². The minimum absolute atomic E-state index is 0.602. The first-order valence-electron chi connectivity index (χ1n) is 6.32. The summed E-state index contributed by atoms with van der Waals surface area (Å²) in [6.45, 7) is 9.96. The molecule has 1 aromatic heterocycles. The van der Waals surface area contributed by atoms with E-state index >= 15 is 0 Å². The number of nitrogens with one attached hydrogen (secondary N) is 1. The van der Waals surface area contributed by atoms with Crippen LogP contribution in [0.25, 0.3) is 0 Å². The molecule has 0 saturated carbocycles. The van der Waals surface area contributed by atoms with Crippen LogP contribution in [0.15, 0.2) is 0 Å². The van der Waals surface area contributed by atoms with E-state index < -0.39 is 0 Å². The average molecular weight is 257 g/mol. The van der Waals surface area contributed by atoms with E-state index in [0.29, 0.717) is 12.5 Å². The fraction of sp³-hybridized carbons (Fsp3) is 0.833. The second kappa shape index (κ2) is 8.55. The maximum Gasteiger partial charge on any atom is 0.143 e. The molecular formula is C12H23N3OS. The van der Waals surface area contributed by atoms with Gasteiger partial charge in [-0.15, -0.1) is 10.2 Å². The van der Waals surface area contributed by atoms with Crippen LogP contribution < -0.4 is 5.32 Å². The number of rotatable bonds is 9. The van der Waals surface area contributed by atoms with E-state index in [9.17, 15) is 0 Å². The molecule has 0 fully saturated rings. The van der Waals surface area contributed by atoms with Gasteiger partial charge in [0.2, 0.25) is 0 Å². The summed E-state index contributed by atoms with van der Waals surface area (Å²) in [7, 11) is 0. The number of aromatic nitrogens is 2. The monoisotopic (exact) mass is 257 g/mol. The lowest BCUT2D eigenvalue weighted by Crippen LogP contribution is -2.22. The molecule has 0 aliphatic carbocycles. The smallest absolute Gasteiger partial charge is 0.143 e. The molecule has 0 unspecified atom stereocenters. The first kappa shape index (κ1) is 14.5. The van der Waals surface area contributed by atoms with Gasteiger partial charge >= 0.3 is 0 Å². The van der Waals surface area contributed by atoms with Crippen LogP contribution in [0.3, 0.4) is 0 Å². The predicted octanol–water partition coefficient (Wildman–Crippen LogP) is 2.25. The zero-order valence-electron chi connectivity index (χ0n) is 11.0. The van der Waals surface area contributed by atoms with Crippen LogP contribution in [-0.4, -0.2) is 29.9 Å². The van der Waals surface area contributed by atoms with Gasteiger partial charge in [-0.05, 0) is 18.9 Å². The molecule has 98 valence electrons. The Hall–Kier alpha value is -0.520. The molecule has 0 amide bonds. The van der Waals surface area contributed by atoms with E-state index in [0.717, 1.165) is 42.6 Å².